The Hall–Kier alpha value is -1.85. The average molecular weight is 448 g/mol. The first-order chi connectivity index (χ1) is 15.5. The summed E-state index contributed by atoms with van der Waals surface area (Å²) in [6.45, 7) is 4.34. The number of aryl methyl sites for hydroxylation is 1. The Morgan fingerprint density at radius 3 is 2.03 bits per heavy atom. The van der Waals surface area contributed by atoms with Gasteiger partial charge in [0.05, 0.1) is 12.2 Å². The molecule has 0 aromatic heterocycles. The van der Waals surface area contributed by atoms with E-state index < -0.39 is 11.7 Å². The zero-order valence-electron chi connectivity index (χ0n) is 19.2. The number of benzene rings is 2. The summed E-state index contributed by atoms with van der Waals surface area (Å²) in [5, 5.41) is 0. The van der Waals surface area contributed by atoms with Crippen LogP contribution in [0.1, 0.15) is 56.1 Å². The third-order valence-corrected chi connectivity index (χ3v) is 6.65. The van der Waals surface area contributed by atoms with Crippen LogP contribution in [0.4, 0.5) is 13.2 Å². The van der Waals surface area contributed by atoms with Crippen molar-refractivity contribution in [2.24, 2.45) is 5.92 Å². The Labute approximate surface area is 190 Å². The van der Waals surface area contributed by atoms with Gasteiger partial charge < -0.3 is 9.64 Å². The molecule has 1 heterocycles. The van der Waals surface area contributed by atoms with Gasteiger partial charge in [-0.2, -0.15) is 13.2 Å². The summed E-state index contributed by atoms with van der Waals surface area (Å²) in [5.74, 6) is 0.895. The van der Waals surface area contributed by atoms with Crippen molar-refractivity contribution in [2.45, 2.75) is 57.5 Å². The lowest BCUT2D eigenvalue weighted by molar-refractivity contribution is -0.137. The third kappa shape index (κ3) is 7.93. The van der Waals surface area contributed by atoms with E-state index in [0.717, 1.165) is 48.8 Å². The first-order valence-corrected chi connectivity index (χ1v) is 11.9. The van der Waals surface area contributed by atoms with E-state index in [1.807, 2.05) is 12.1 Å². The molecule has 0 aliphatic carbocycles. The molecule has 0 unspecified atom stereocenters. The van der Waals surface area contributed by atoms with Gasteiger partial charge in [0.25, 0.3) is 0 Å². The number of likely N-dealkylation sites (tertiary alicyclic amines) is 1. The SMILES string of the molecule is COCCN1CCC(CCCCCCc2ccc(-c3ccc(C(F)(F)F)cc3)cc2)CC1. The Morgan fingerprint density at radius 2 is 1.44 bits per heavy atom. The van der Waals surface area contributed by atoms with Crippen LogP contribution in [-0.2, 0) is 17.3 Å². The first-order valence-electron chi connectivity index (χ1n) is 11.9. The number of ether oxygens (including phenoxy) is 1. The number of methoxy groups -OCH3 is 1. The second-order valence-corrected chi connectivity index (χ2v) is 9.00. The maximum atomic E-state index is 12.7. The Balaban J connectivity index is 1.30. The highest BCUT2D eigenvalue weighted by Gasteiger charge is 2.29. The van der Waals surface area contributed by atoms with Gasteiger partial charge in [-0.05, 0) is 73.5 Å². The molecule has 1 saturated heterocycles. The molecule has 2 aromatic rings. The minimum absolute atomic E-state index is 0.606. The number of alkyl halides is 3. The van der Waals surface area contributed by atoms with Crippen molar-refractivity contribution >= 4 is 0 Å². The molecule has 1 aliphatic rings. The van der Waals surface area contributed by atoms with Gasteiger partial charge in [-0.1, -0.05) is 62.1 Å². The molecular weight excluding hydrogens is 411 g/mol. The van der Waals surface area contributed by atoms with Crippen LogP contribution < -0.4 is 0 Å². The lowest BCUT2D eigenvalue weighted by Gasteiger charge is -2.31. The zero-order chi connectivity index (χ0) is 22.8. The van der Waals surface area contributed by atoms with E-state index in [9.17, 15) is 13.2 Å². The minimum atomic E-state index is -4.29. The fourth-order valence-electron chi connectivity index (χ4n) is 4.55. The maximum absolute atomic E-state index is 12.7. The summed E-state index contributed by atoms with van der Waals surface area (Å²) in [6.07, 6.45) is 5.87. The highest BCUT2D eigenvalue weighted by Crippen LogP contribution is 2.31. The predicted molar refractivity (Wildman–Crippen MR) is 125 cm³/mol. The zero-order valence-corrected chi connectivity index (χ0v) is 19.2. The van der Waals surface area contributed by atoms with Crippen molar-refractivity contribution in [3.63, 3.8) is 0 Å². The Morgan fingerprint density at radius 1 is 0.844 bits per heavy atom. The van der Waals surface area contributed by atoms with Gasteiger partial charge in [-0.15, -0.1) is 0 Å². The highest BCUT2D eigenvalue weighted by atomic mass is 19.4. The molecule has 0 spiro atoms. The van der Waals surface area contributed by atoms with Crippen LogP contribution in [0.2, 0.25) is 0 Å². The van der Waals surface area contributed by atoms with Crippen molar-refractivity contribution < 1.29 is 17.9 Å². The van der Waals surface area contributed by atoms with E-state index in [4.69, 9.17) is 4.74 Å². The lowest BCUT2D eigenvalue weighted by atomic mass is 9.91. The molecular formula is C27H36F3NO. The highest BCUT2D eigenvalue weighted by molar-refractivity contribution is 5.64. The van der Waals surface area contributed by atoms with E-state index in [1.54, 1.807) is 19.2 Å². The summed E-state index contributed by atoms with van der Waals surface area (Å²) < 4.78 is 43.3. The molecule has 1 aliphatic heterocycles. The summed E-state index contributed by atoms with van der Waals surface area (Å²) >= 11 is 0. The van der Waals surface area contributed by atoms with Crippen molar-refractivity contribution in [1.82, 2.24) is 4.90 Å². The molecule has 0 atom stereocenters. The second-order valence-electron chi connectivity index (χ2n) is 9.00. The van der Waals surface area contributed by atoms with E-state index in [1.165, 1.54) is 63.6 Å². The number of halogens is 3. The molecule has 0 N–H and O–H groups in total. The van der Waals surface area contributed by atoms with Crippen molar-refractivity contribution in [3.05, 3.63) is 59.7 Å². The Bertz CT molecular complexity index is 778. The molecule has 0 saturated carbocycles. The topological polar surface area (TPSA) is 12.5 Å². The molecule has 0 radical (unpaired) electrons. The second kappa shape index (κ2) is 12.4. The van der Waals surface area contributed by atoms with Gasteiger partial charge in [0.1, 0.15) is 0 Å². The summed E-state index contributed by atoms with van der Waals surface area (Å²) in [6, 6.07) is 13.6. The number of rotatable bonds is 11. The molecule has 0 bridgehead atoms. The molecule has 5 heteroatoms. The normalized spacial score (nSPS) is 15.9. The number of piperidine rings is 1. The van der Waals surface area contributed by atoms with Gasteiger partial charge in [0.15, 0.2) is 0 Å². The van der Waals surface area contributed by atoms with Crippen LogP contribution in [0, 0.1) is 5.92 Å². The van der Waals surface area contributed by atoms with Crippen LogP contribution >= 0.6 is 0 Å². The van der Waals surface area contributed by atoms with Crippen LogP contribution in [0.25, 0.3) is 11.1 Å². The lowest BCUT2D eigenvalue weighted by Crippen LogP contribution is -2.35. The van der Waals surface area contributed by atoms with Gasteiger partial charge >= 0.3 is 6.18 Å². The van der Waals surface area contributed by atoms with Gasteiger partial charge in [0, 0.05) is 13.7 Å². The first kappa shape index (κ1) is 24.8. The van der Waals surface area contributed by atoms with E-state index in [0.29, 0.717) is 0 Å². The number of unbranched alkanes of at least 4 members (excludes halogenated alkanes) is 3. The fraction of sp³-hybridized carbons (Fsp3) is 0.556. The summed E-state index contributed by atoms with van der Waals surface area (Å²) in [5.41, 5.74) is 2.46. The number of hydrogen-bond acceptors (Lipinski definition) is 2. The quantitative estimate of drug-likeness (QED) is 0.337. The minimum Gasteiger partial charge on any atom is -0.383 e. The average Bonchev–Trinajstić information content (AvgIpc) is 2.80. The Kier molecular flexibility index (Phi) is 9.61. The fourth-order valence-corrected chi connectivity index (χ4v) is 4.55. The van der Waals surface area contributed by atoms with Crippen molar-refractivity contribution in [1.29, 1.82) is 0 Å². The number of hydrogen-bond donors (Lipinski definition) is 0. The smallest absolute Gasteiger partial charge is 0.383 e. The van der Waals surface area contributed by atoms with Crippen LogP contribution in [-0.4, -0.2) is 38.3 Å². The van der Waals surface area contributed by atoms with Crippen LogP contribution in [0.5, 0.6) is 0 Å². The molecule has 176 valence electrons. The van der Waals surface area contributed by atoms with Gasteiger partial charge in [-0.25, -0.2) is 0 Å². The van der Waals surface area contributed by atoms with E-state index >= 15 is 0 Å². The van der Waals surface area contributed by atoms with Gasteiger partial charge in [-0.3, -0.25) is 0 Å². The standard InChI is InChI=1S/C27H36F3NO/c1-32-21-20-31-18-16-23(17-19-31)7-5-3-2-4-6-22-8-10-24(11-9-22)25-12-14-26(15-13-25)27(28,29)30/h8-15,23H,2-7,16-21H2,1H3. The van der Waals surface area contributed by atoms with E-state index in [2.05, 4.69) is 17.0 Å². The molecule has 2 nitrogen and oxygen atoms in total. The summed E-state index contributed by atoms with van der Waals surface area (Å²) in [4.78, 5) is 2.52. The molecule has 3 rings (SSSR count). The van der Waals surface area contributed by atoms with E-state index in [-0.39, 0.29) is 0 Å². The van der Waals surface area contributed by atoms with Gasteiger partial charge in [0.2, 0.25) is 0 Å². The van der Waals surface area contributed by atoms with Crippen LogP contribution in [0.3, 0.4) is 0 Å². The third-order valence-electron chi connectivity index (χ3n) is 6.65. The van der Waals surface area contributed by atoms with Crippen LogP contribution in [0.15, 0.2) is 48.5 Å². The van der Waals surface area contributed by atoms with Crippen molar-refractivity contribution in [2.75, 3.05) is 33.4 Å². The molecule has 0 amide bonds. The monoisotopic (exact) mass is 447 g/mol. The molecule has 2 aromatic carbocycles. The molecule has 1 fully saturated rings. The molecule has 32 heavy (non-hydrogen) atoms. The van der Waals surface area contributed by atoms with Crippen molar-refractivity contribution in [3.8, 4) is 11.1 Å². The largest absolute Gasteiger partial charge is 0.416 e. The maximum Gasteiger partial charge on any atom is 0.416 e. The predicted octanol–water partition coefficient (Wildman–Crippen LogP) is 7.22. The number of nitrogens with zero attached hydrogens (tertiary/aromatic N) is 1. The summed E-state index contributed by atoms with van der Waals surface area (Å²) in [7, 11) is 1.77.